The lowest BCUT2D eigenvalue weighted by Crippen LogP contribution is -2.29. The Morgan fingerprint density at radius 3 is 2.41 bits per heavy atom. The minimum absolute atomic E-state index is 0.0619. The van der Waals surface area contributed by atoms with Crippen molar-refractivity contribution >= 4 is 27.5 Å². The molecule has 8 heteroatoms. The van der Waals surface area contributed by atoms with Crippen LogP contribution in [-0.2, 0) is 10.0 Å². The van der Waals surface area contributed by atoms with Crippen LogP contribution in [0.25, 0.3) is 0 Å². The van der Waals surface area contributed by atoms with Crippen molar-refractivity contribution in [2.24, 2.45) is 0 Å². The number of rotatable bonds is 5. The minimum Gasteiger partial charge on any atom is -0.346 e. The highest BCUT2D eigenvalue weighted by Crippen LogP contribution is 2.28. The average molecular weight is 411 g/mol. The van der Waals surface area contributed by atoms with Gasteiger partial charge < -0.3 is 5.32 Å². The van der Waals surface area contributed by atoms with E-state index in [-0.39, 0.29) is 27.3 Å². The van der Waals surface area contributed by atoms with Gasteiger partial charge in [0.2, 0.25) is 10.0 Å². The standard InChI is InChI=1S/C19H20ClFN2O3S/c1-13(14-4-7-16(21)8-5-14)22-19(24)15-6-9-17(20)18(12-15)27(25,26)23-10-2-3-11-23/h4-9,12-13H,2-3,10-11H2,1H3,(H,22,24)/t13-/m0/s1. The monoisotopic (exact) mass is 410 g/mol. The molecule has 0 saturated carbocycles. The van der Waals surface area contributed by atoms with Crippen LogP contribution in [0, 0.1) is 5.82 Å². The van der Waals surface area contributed by atoms with Crippen molar-refractivity contribution in [1.82, 2.24) is 9.62 Å². The lowest BCUT2D eigenvalue weighted by Gasteiger charge is -2.18. The number of carbonyl (C=O) groups is 1. The SMILES string of the molecule is C[C@H](NC(=O)c1ccc(Cl)c(S(=O)(=O)N2CCCC2)c1)c1ccc(F)cc1. The molecule has 0 spiro atoms. The largest absolute Gasteiger partial charge is 0.346 e. The van der Waals surface area contributed by atoms with Crippen molar-refractivity contribution in [2.45, 2.75) is 30.7 Å². The summed E-state index contributed by atoms with van der Waals surface area (Å²) in [5, 5.41) is 2.87. The van der Waals surface area contributed by atoms with Crippen molar-refractivity contribution in [2.75, 3.05) is 13.1 Å². The van der Waals surface area contributed by atoms with Gasteiger partial charge in [-0.05, 0) is 55.7 Å². The summed E-state index contributed by atoms with van der Waals surface area (Å²) in [6.45, 7) is 2.68. The van der Waals surface area contributed by atoms with Crippen molar-refractivity contribution < 1.29 is 17.6 Å². The molecule has 1 atom stereocenters. The maximum atomic E-state index is 13.0. The van der Waals surface area contributed by atoms with Crippen molar-refractivity contribution in [3.63, 3.8) is 0 Å². The molecule has 1 heterocycles. The van der Waals surface area contributed by atoms with E-state index in [0.29, 0.717) is 13.1 Å². The molecule has 1 fully saturated rings. The molecule has 0 aliphatic carbocycles. The molecule has 3 rings (SSSR count). The number of hydrogen-bond donors (Lipinski definition) is 1. The van der Waals surface area contributed by atoms with E-state index >= 15 is 0 Å². The van der Waals surface area contributed by atoms with E-state index in [2.05, 4.69) is 5.32 Å². The van der Waals surface area contributed by atoms with Gasteiger partial charge in [0.25, 0.3) is 5.91 Å². The quantitative estimate of drug-likeness (QED) is 0.816. The molecular weight excluding hydrogens is 391 g/mol. The van der Waals surface area contributed by atoms with E-state index in [1.54, 1.807) is 19.1 Å². The number of nitrogens with zero attached hydrogens (tertiary/aromatic N) is 1. The van der Waals surface area contributed by atoms with Crippen LogP contribution in [0.15, 0.2) is 47.4 Å². The number of benzene rings is 2. The van der Waals surface area contributed by atoms with Crippen LogP contribution < -0.4 is 5.32 Å². The fourth-order valence-corrected chi connectivity index (χ4v) is 5.04. The summed E-state index contributed by atoms with van der Waals surface area (Å²) in [5.41, 5.74) is 0.940. The molecule has 0 unspecified atom stereocenters. The Morgan fingerprint density at radius 2 is 1.78 bits per heavy atom. The van der Waals surface area contributed by atoms with Gasteiger partial charge in [-0.15, -0.1) is 0 Å². The van der Waals surface area contributed by atoms with E-state index in [4.69, 9.17) is 11.6 Å². The van der Waals surface area contributed by atoms with Crippen LogP contribution in [0.4, 0.5) is 4.39 Å². The number of sulfonamides is 1. The van der Waals surface area contributed by atoms with Gasteiger partial charge in [0.05, 0.1) is 11.1 Å². The zero-order valence-electron chi connectivity index (χ0n) is 14.8. The van der Waals surface area contributed by atoms with E-state index in [9.17, 15) is 17.6 Å². The second-order valence-corrected chi connectivity index (χ2v) is 8.82. The van der Waals surface area contributed by atoms with Crippen molar-refractivity contribution in [1.29, 1.82) is 0 Å². The molecule has 1 aliphatic heterocycles. The van der Waals surface area contributed by atoms with Crippen LogP contribution >= 0.6 is 11.6 Å². The predicted molar refractivity (Wildman–Crippen MR) is 102 cm³/mol. The predicted octanol–water partition coefficient (Wildman–Crippen LogP) is 3.75. The Bertz CT molecular complexity index is 942. The highest BCUT2D eigenvalue weighted by molar-refractivity contribution is 7.89. The zero-order chi connectivity index (χ0) is 19.6. The molecule has 5 nitrogen and oxygen atoms in total. The number of nitrogens with one attached hydrogen (secondary N) is 1. The van der Waals surface area contributed by atoms with Gasteiger partial charge in [0, 0.05) is 18.7 Å². The molecule has 2 aromatic carbocycles. The zero-order valence-corrected chi connectivity index (χ0v) is 16.4. The van der Waals surface area contributed by atoms with Crippen LogP contribution in [0.1, 0.15) is 41.7 Å². The topological polar surface area (TPSA) is 66.5 Å². The van der Waals surface area contributed by atoms with Gasteiger partial charge >= 0.3 is 0 Å². The fraction of sp³-hybridized carbons (Fsp3) is 0.316. The van der Waals surface area contributed by atoms with Crippen LogP contribution in [0.5, 0.6) is 0 Å². The molecule has 1 saturated heterocycles. The Labute approximate surface area is 163 Å². The van der Waals surface area contributed by atoms with Gasteiger partial charge in [-0.1, -0.05) is 23.7 Å². The average Bonchev–Trinajstić information content (AvgIpc) is 3.18. The number of halogens is 2. The van der Waals surface area contributed by atoms with Gasteiger partial charge in [0.15, 0.2) is 0 Å². The molecule has 0 bridgehead atoms. The maximum absolute atomic E-state index is 13.0. The summed E-state index contributed by atoms with van der Waals surface area (Å²) >= 11 is 6.11. The molecule has 0 aromatic heterocycles. The van der Waals surface area contributed by atoms with Gasteiger partial charge in [-0.25, -0.2) is 12.8 Å². The summed E-state index contributed by atoms with van der Waals surface area (Å²) in [4.78, 5) is 12.5. The van der Waals surface area contributed by atoms with Crippen molar-refractivity contribution in [3.8, 4) is 0 Å². The summed E-state index contributed by atoms with van der Waals surface area (Å²) < 4.78 is 40.0. The Hall–Kier alpha value is -1.96. The van der Waals surface area contributed by atoms with E-state index in [0.717, 1.165) is 18.4 Å². The van der Waals surface area contributed by atoms with E-state index < -0.39 is 15.9 Å². The Balaban J connectivity index is 1.82. The van der Waals surface area contributed by atoms with Crippen LogP contribution in [-0.4, -0.2) is 31.7 Å². The molecule has 0 radical (unpaired) electrons. The Kier molecular flexibility index (Phi) is 5.83. The third kappa shape index (κ3) is 4.31. The second kappa shape index (κ2) is 7.96. The summed E-state index contributed by atoms with van der Waals surface area (Å²) in [5.74, 6) is -0.784. The lowest BCUT2D eigenvalue weighted by atomic mass is 10.1. The smallest absolute Gasteiger partial charge is 0.251 e. The number of carbonyl (C=O) groups excluding carboxylic acids is 1. The van der Waals surface area contributed by atoms with E-state index in [1.165, 1.54) is 34.6 Å². The first kappa shape index (κ1) is 19.8. The lowest BCUT2D eigenvalue weighted by molar-refractivity contribution is 0.0939. The molecule has 1 aliphatic rings. The first-order valence-corrected chi connectivity index (χ1v) is 10.5. The molecule has 27 heavy (non-hydrogen) atoms. The van der Waals surface area contributed by atoms with Gasteiger partial charge in [-0.3, -0.25) is 4.79 Å². The van der Waals surface area contributed by atoms with Gasteiger partial charge in [-0.2, -0.15) is 4.31 Å². The van der Waals surface area contributed by atoms with E-state index in [1.807, 2.05) is 0 Å². The third-order valence-corrected chi connectivity index (χ3v) is 6.97. The highest BCUT2D eigenvalue weighted by atomic mass is 35.5. The minimum atomic E-state index is -3.73. The van der Waals surface area contributed by atoms with Crippen LogP contribution in [0.2, 0.25) is 5.02 Å². The summed E-state index contributed by atoms with van der Waals surface area (Å²) in [6.07, 6.45) is 1.62. The fourth-order valence-electron chi connectivity index (χ4n) is 3.02. The van der Waals surface area contributed by atoms with Crippen LogP contribution in [0.3, 0.4) is 0 Å². The molecule has 144 valence electrons. The normalized spacial score (nSPS) is 16.3. The molecule has 1 N–H and O–H groups in total. The second-order valence-electron chi connectivity index (χ2n) is 6.50. The first-order valence-electron chi connectivity index (χ1n) is 8.65. The molecule has 2 aromatic rings. The summed E-state index contributed by atoms with van der Waals surface area (Å²) in [7, 11) is -3.73. The number of amides is 1. The molecular formula is C19H20ClFN2O3S. The highest BCUT2D eigenvalue weighted by Gasteiger charge is 2.29. The molecule has 1 amide bonds. The maximum Gasteiger partial charge on any atom is 0.251 e. The third-order valence-electron chi connectivity index (χ3n) is 4.59. The summed E-state index contributed by atoms with van der Waals surface area (Å²) in [6, 6.07) is 9.66. The number of hydrogen-bond acceptors (Lipinski definition) is 3. The Morgan fingerprint density at radius 1 is 1.15 bits per heavy atom. The van der Waals surface area contributed by atoms with Crippen molar-refractivity contribution in [3.05, 3.63) is 64.4 Å². The van der Waals surface area contributed by atoms with Gasteiger partial charge in [0.1, 0.15) is 10.7 Å². The first-order chi connectivity index (χ1) is 12.8.